The Bertz CT molecular complexity index is 322. The molecule has 0 amide bonds. The molecular formula is C13H20N2S. The van der Waals surface area contributed by atoms with E-state index in [2.05, 4.69) is 24.1 Å². The number of nitrogens with one attached hydrogen (secondary N) is 1. The molecule has 0 atom stereocenters. The number of hydrogen-bond donors (Lipinski definition) is 1. The number of thiocarbonyl (C=S) groups is 1. The lowest BCUT2D eigenvalue weighted by molar-refractivity contribution is 0.442. The molecule has 0 heterocycles. The van der Waals surface area contributed by atoms with Crippen molar-refractivity contribution in [3.8, 4) is 0 Å². The highest BCUT2D eigenvalue weighted by Crippen LogP contribution is 2.07. The summed E-state index contributed by atoms with van der Waals surface area (Å²) < 4.78 is 0. The first kappa shape index (κ1) is 13.0. The van der Waals surface area contributed by atoms with E-state index in [1.165, 1.54) is 0 Å². The molecule has 1 aromatic rings. The molecule has 0 aliphatic rings. The van der Waals surface area contributed by atoms with Gasteiger partial charge in [-0.1, -0.05) is 32.0 Å². The van der Waals surface area contributed by atoms with Crippen LogP contribution in [0, 0.1) is 5.92 Å². The second-order valence-electron chi connectivity index (χ2n) is 4.40. The Hall–Kier alpha value is -1.09. The van der Waals surface area contributed by atoms with Crippen molar-refractivity contribution in [1.82, 2.24) is 4.90 Å². The number of benzene rings is 1. The van der Waals surface area contributed by atoms with Crippen molar-refractivity contribution in [3.05, 3.63) is 30.3 Å². The van der Waals surface area contributed by atoms with Crippen LogP contribution in [0.5, 0.6) is 0 Å². The zero-order chi connectivity index (χ0) is 12.0. The third-order valence-electron chi connectivity index (χ3n) is 2.41. The molecule has 0 saturated carbocycles. The zero-order valence-corrected chi connectivity index (χ0v) is 11.1. The van der Waals surface area contributed by atoms with E-state index in [1.54, 1.807) is 0 Å². The third-order valence-corrected chi connectivity index (χ3v) is 2.83. The van der Waals surface area contributed by atoms with Crippen LogP contribution in [0.25, 0.3) is 0 Å². The number of rotatable bonds is 4. The minimum Gasteiger partial charge on any atom is -0.352 e. The normalized spacial score (nSPS) is 10.2. The van der Waals surface area contributed by atoms with E-state index in [4.69, 9.17) is 12.2 Å². The van der Waals surface area contributed by atoms with Crippen molar-refractivity contribution < 1.29 is 0 Å². The predicted octanol–water partition coefficient (Wildman–Crippen LogP) is 3.36. The standard InChI is InChI=1S/C13H20N2S/c1-11(2)9-10-15(3)13(16)14-12-7-5-4-6-8-12/h4-8,11H,9-10H2,1-3H3,(H,14,16). The minimum absolute atomic E-state index is 0.710. The van der Waals surface area contributed by atoms with Gasteiger partial charge < -0.3 is 10.2 Å². The van der Waals surface area contributed by atoms with E-state index in [0.717, 1.165) is 23.8 Å². The van der Waals surface area contributed by atoms with Gasteiger partial charge in [-0.05, 0) is 36.7 Å². The molecule has 0 unspecified atom stereocenters. The molecule has 0 radical (unpaired) electrons. The fourth-order valence-electron chi connectivity index (χ4n) is 1.29. The van der Waals surface area contributed by atoms with Gasteiger partial charge in [0.2, 0.25) is 0 Å². The maximum Gasteiger partial charge on any atom is 0.173 e. The van der Waals surface area contributed by atoms with Crippen molar-refractivity contribution in [2.24, 2.45) is 5.92 Å². The van der Waals surface area contributed by atoms with Crippen LogP contribution in [0.1, 0.15) is 20.3 Å². The van der Waals surface area contributed by atoms with Crippen LogP contribution in [-0.2, 0) is 0 Å². The Morgan fingerprint density at radius 1 is 1.31 bits per heavy atom. The summed E-state index contributed by atoms with van der Waals surface area (Å²) in [5.41, 5.74) is 1.05. The molecule has 16 heavy (non-hydrogen) atoms. The summed E-state index contributed by atoms with van der Waals surface area (Å²) in [6, 6.07) is 10.0. The van der Waals surface area contributed by atoms with Crippen molar-refractivity contribution >= 4 is 23.0 Å². The number of anilines is 1. The molecule has 88 valence electrons. The summed E-state index contributed by atoms with van der Waals surface area (Å²) in [4.78, 5) is 2.09. The topological polar surface area (TPSA) is 15.3 Å². The molecule has 0 aliphatic carbocycles. The molecule has 1 N–H and O–H groups in total. The van der Waals surface area contributed by atoms with Crippen LogP contribution < -0.4 is 5.32 Å². The monoisotopic (exact) mass is 236 g/mol. The summed E-state index contributed by atoms with van der Waals surface area (Å²) in [7, 11) is 2.03. The third kappa shape index (κ3) is 4.62. The highest BCUT2D eigenvalue weighted by Gasteiger charge is 2.04. The van der Waals surface area contributed by atoms with Gasteiger partial charge in [-0.25, -0.2) is 0 Å². The molecule has 3 heteroatoms. The fraction of sp³-hybridized carbons (Fsp3) is 0.462. The van der Waals surface area contributed by atoms with Gasteiger partial charge in [0.1, 0.15) is 0 Å². The Morgan fingerprint density at radius 3 is 2.50 bits per heavy atom. The lowest BCUT2D eigenvalue weighted by Gasteiger charge is -2.21. The number of para-hydroxylation sites is 1. The summed E-state index contributed by atoms with van der Waals surface area (Å²) >= 11 is 5.33. The van der Waals surface area contributed by atoms with Gasteiger partial charge in [0.15, 0.2) is 5.11 Å². The van der Waals surface area contributed by atoms with E-state index in [1.807, 2.05) is 37.4 Å². The van der Waals surface area contributed by atoms with Gasteiger partial charge in [-0.3, -0.25) is 0 Å². The first-order valence-electron chi connectivity index (χ1n) is 5.66. The SMILES string of the molecule is CC(C)CCN(C)C(=S)Nc1ccccc1. The van der Waals surface area contributed by atoms with E-state index in [-0.39, 0.29) is 0 Å². The predicted molar refractivity (Wildman–Crippen MR) is 74.7 cm³/mol. The molecule has 1 aromatic carbocycles. The molecular weight excluding hydrogens is 216 g/mol. The van der Waals surface area contributed by atoms with Crippen LogP contribution in [0.4, 0.5) is 5.69 Å². The van der Waals surface area contributed by atoms with Gasteiger partial charge in [-0.15, -0.1) is 0 Å². The van der Waals surface area contributed by atoms with Crippen molar-refractivity contribution in [2.45, 2.75) is 20.3 Å². The van der Waals surface area contributed by atoms with Gasteiger partial charge in [0.25, 0.3) is 0 Å². The Labute approximate surface area is 104 Å². The van der Waals surface area contributed by atoms with Crippen LogP contribution >= 0.6 is 12.2 Å². The van der Waals surface area contributed by atoms with E-state index in [0.29, 0.717) is 5.92 Å². The van der Waals surface area contributed by atoms with Crippen LogP contribution in [0.3, 0.4) is 0 Å². The molecule has 0 aromatic heterocycles. The van der Waals surface area contributed by atoms with Crippen LogP contribution in [0.2, 0.25) is 0 Å². The second-order valence-corrected chi connectivity index (χ2v) is 4.79. The highest BCUT2D eigenvalue weighted by atomic mass is 32.1. The molecule has 1 rings (SSSR count). The Balaban J connectivity index is 2.40. The largest absolute Gasteiger partial charge is 0.352 e. The lowest BCUT2D eigenvalue weighted by Crippen LogP contribution is -2.32. The van der Waals surface area contributed by atoms with Crippen molar-refractivity contribution in [1.29, 1.82) is 0 Å². The summed E-state index contributed by atoms with van der Waals surface area (Å²) in [6.07, 6.45) is 1.16. The van der Waals surface area contributed by atoms with Gasteiger partial charge in [0, 0.05) is 19.3 Å². The average molecular weight is 236 g/mol. The van der Waals surface area contributed by atoms with E-state index >= 15 is 0 Å². The fourth-order valence-corrected chi connectivity index (χ4v) is 1.50. The Morgan fingerprint density at radius 2 is 1.94 bits per heavy atom. The maximum atomic E-state index is 5.33. The minimum atomic E-state index is 0.710. The van der Waals surface area contributed by atoms with Crippen molar-refractivity contribution in [3.63, 3.8) is 0 Å². The number of hydrogen-bond acceptors (Lipinski definition) is 1. The van der Waals surface area contributed by atoms with Crippen LogP contribution in [0.15, 0.2) is 30.3 Å². The maximum absolute atomic E-state index is 5.33. The Kier molecular flexibility index (Phi) is 5.26. The molecule has 2 nitrogen and oxygen atoms in total. The van der Waals surface area contributed by atoms with Gasteiger partial charge in [-0.2, -0.15) is 0 Å². The number of nitrogens with zero attached hydrogens (tertiary/aromatic N) is 1. The smallest absolute Gasteiger partial charge is 0.173 e. The zero-order valence-electron chi connectivity index (χ0n) is 10.2. The lowest BCUT2D eigenvalue weighted by atomic mass is 10.1. The average Bonchev–Trinajstić information content (AvgIpc) is 2.27. The molecule has 0 bridgehead atoms. The summed E-state index contributed by atoms with van der Waals surface area (Å²) in [5.74, 6) is 0.710. The summed E-state index contributed by atoms with van der Waals surface area (Å²) in [6.45, 7) is 5.44. The quantitative estimate of drug-likeness (QED) is 0.807. The van der Waals surface area contributed by atoms with Gasteiger partial charge >= 0.3 is 0 Å². The molecule has 0 saturated heterocycles. The van der Waals surface area contributed by atoms with E-state index < -0.39 is 0 Å². The van der Waals surface area contributed by atoms with E-state index in [9.17, 15) is 0 Å². The first-order valence-corrected chi connectivity index (χ1v) is 6.07. The first-order chi connectivity index (χ1) is 7.59. The molecule has 0 fully saturated rings. The molecule has 0 spiro atoms. The van der Waals surface area contributed by atoms with Gasteiger partial charge in [0.05, 0.1) is 0 Å². The van der Waals surface area contributed by atoms with Crippen LogP contribution in [-0.4, -0.2) is 23.6 Å². The highest BCUT2D eigenvalue weighted by molar-refractivity contribution is 7.80. The molecule has 0 aliphatic heterocycles. The van der Waals surface area contributed by atoms with Crippen molar-refractivity contribution in [2.75, 3.05) is 18.9 Å². The summed E-state index contributed by atoms with van der Waals surface area (Å²) in [5, 5.41) is 4.01. The second kappa shape index (κ2) is 6.48.